The highest BCUT2D eigenvalue weighted by atomic mass is 16.2. The van der Waals surface area contributed by atoms with Crippen molar-refractivity contribution in [3.63, 3.8) is 0 Å². The molecule has 1 N–H and O–H groups in total. The van der Waals surface area contributed by atoms with Gasteiger partial charge in [-0.1, -0.05) is 19.9 Å². The lowest BCUT2D eigenvalue weighted by Gasteiger charge is -2.24. The maximum absolute atomic E-state index is 12.2. The van der Waals surface area contributed by atoms with Crippen molar-refractivity contribution in [1.82, 2.24) is 19.6 Å². The van der Waals surface area contributed by atoms with Gasteiger partial charge >= 0.3 is 0 Å². The van der Waals surface area contributed by atoms with Gasteiger partial charge in [-0.05, 0) is 38.6 Å². The summed E-state index contributed by atoms with van der Waals surface area (Å²) in [6, 6.07) is 5.83. The van der Waals surface area contributed by atoms with Crippen LogP contribution in [-0.2, 0) is 0 Å². The topological polar surface area (TPSA) is 49.6 Å². The summed E-state index contributed by atoms with van der Waals surface area (Å²) in [4.78, 5) is 18.9. The average molecular weight is 288 g/mol. The van der Waals surface area contributed by atoms with Crippen molar-refractivity contribution in [3.8, 4) is 0 Å². The molecular formula is C16H24N4O. The van der Waals surface area contributed by atoms with Crippen LogP contribution in [0.25, 0.3) is 5.65 Å². The van der Waals surface area contributed by atoms with Crippen LogP contribution in [0.15, 0.2) is 30.6 Å². The Morgan fingerprint density at radius 3 is 2.90 bits per heavy atom. The minimum Gasteiger partial charge on any atom is -0.347 e. The van der Waals surface area contributed by atoms with E-state index >= 15 is 0 Å². The number of hydrogen-bond donors (Lipinski definition) is 1. The summed E-state index contributed by atoms with van der Waals surface area (Å²) in [5, 5.41) is 3.02. The van der Waals surface area contributed by atoms with Gasteiger partial charge in [0.05, 0.1) is 0 Å². The van der Waals surface area contributed by atoms with Crippen molar-refractivity contribution in [2.75, 3.05) is 19.6 Å². The largest absolute Gasteiger partial charge is 0.347 e. The Labute approximate surface area is 126 Å². The number of amides is 1. The number of nitrogens with zero attached hydrogens (tertiary/aromatic N) is 3. The molecule has 0 unspecified atom stereocenters. The first-order valence-electron chi connectivity index (χ1n) is 7.61. The van der Waals surface area contributed by atoms with Gasteiger partial charge in [-0.3, -0.25) is 4.79 Å². The van der Waals surface area contributed by atoms with Crippen LogP contribution in [0.3, 0.4) is 0 Å². The smallest absolute Gasteiger partial charge is 0.271 e. The van der Waals surface area contributed by atoms with E-state index in [2.05, 4.69) is 29.0 Å². The van der Waals surface area contributed by atoms with Gasteiger partial charge in [0.2, 0.25) is 0 Å². The molecule has 0 saturated carbocycles. The molecule has 0 aliphatic heterocycles. The predicted molar refractivity (Wildman–Crippen MR) is 84.5 cm³/mol. The zero-order valence-corrected chi connectivity index (χ0v) is 13.0. The Kier molecular flexibility index (Phi) is 5.33. The minimum atomic E-state index is -0.112. The van der Waals surface area contributed by atoms with Gasteiger partial charge in [-0.2, -0.15) is 0 Å². The number of hydrogen-bond acceptors (Lipinski definition) is 3. The monoisotopic (exact) mass is 288 g/mol. The lowest BCUT2D eigenvalue weighted by molar-refractivity contribution is 0.0925. The molecule has 0 aliphatic carbocycles. The molecule has 0 aliphatic rings. The Hall–Kier alpha value is -1.88. The van der Waals surface area contributed by atoms with Crippen LogP contribution in [0, 0.1) is 0 Å². The first-order valence-corrected chi connectivity index (χ1v) is 7.61. The molecular weight excluding hydrogens is 264 g/mol. The average Bonchev–Trinajstić information content (AvgIpc) is 2.90. The first-order chi connectivity index (χ1) is 10.1. The van der Waals surface area contributed by atoms with Crippen molar-refractivity contribution in [2.45, 2.75) is 33.2 Å². The third-order valence-corrected chi connectivity index (χ3v) is 3.49. The Morgan fingerprint density at radius 1 is 1.43 bits per heavy atom. The van der Waals surface area contributed by atoms with E-state index in [4.69, 9.17) is 0 Å². The highest BCUT2D eigenvalue weighted by Crippen LogP contribution is 2.05. The highest BCUT2D eigenvalue weighted by Gasteiger charge is 2.15. The maximum atomic E-state index is 12.2. The molecule has 0 radical (unpaired) electrons. The third kappa shape index (κ3) is 4.04. The standard InChI is InChI=1S/C16H24N4O/c1-4-9-19(5-2)11-13(3)17-16(21)14-12-20-10-7-6-8-15(20)18-14/h6-8,10,12-13H,4-5,9,11H2,1-3H3,(H,17,21)/t13-/m0/s1. The molecule has 2 rings (SSSR count). The van der Waals surface area contributed by atoms with Crippen molar-refractivity contribution in [3.05, 3.63) is 36.3 Å². The van der Waals surface area contributed by atoms with Gasteiger partial charge in [0.25, 0.3) is 5.91 Å². The molecule has 1 amide bonds. The normalized spacial score (nSPS) is 12.8. The number of carbonyl (C=O) groups is 1. The van der Waals surface area contributed by atoms with E-state index in [1.165, 1.54) is 0 Å². The molecule has 0 bridgehead atoms. The van der Waals surface area contributed by atoms with Crippen LogP contribution in [0.2, 0.25) is 0 Å². The Bertz CT molecular complexity index is 560. The van der Waals surface area contributed by atoms with Gasteiger partial charge in [0, 0.05) is 25.0 Å². The molecule has 1 atom stereocenters. The quantitative estimate of drug-likeness (QED) is 0.849. The maximum Gasteiger partial charge on any atom is 0.271 e. The molecule has 0 spiro atoms. The number of rotatable bonds is 7. The van der Waals surface area contributed by atoms with Gasteiger partial charge in [0.1, 0.15) is 11.3 Å². The second-order valence-electron chi connectivity index (χ2n) is 5.36. The van der Waals surface area contributed by atoms with Gasteiger partial charge < -0.3 is 14.6 Å². The fourth-order valence-corrected chi connectivity index (χ4v) is 2.47. The second kappa shape index (κ2) is 7.22. The van der Waals surface area contributed by atoms with E-state index in [9.17, 15) is 4.79 Å². The molecule has 114 valence electrons. The summed E-state index contributed by atoms with van der Waals surface area (Å²) >= 11 is 0. The number of fused-ring (bicyclic) bond motifs is 1. The molecule has 5 nitrogen and oxygen atoms in total. The highest BCUT2D eigenvalue weighted by molar-refractivity contribution is 5.93. The number of pyridine rings is 1. The van der Waals surface area contributed by atoms with E-state index in [0.29, 0.717) is 5.69 Å². The van der Waals surface area contributed by atoms with Crippen molar-refractivity contribution < 1.29 is 4.79 Å². The first kappa shape index (κ1) is 15.5. The molecule has 5 heteroatoms. The van der Waals surface area contributed by atoms with Crippen LogP contribution in [0.4, 0.5) is 0 Å². The van der Waals surface area contributed by atoms with E-state index in [1.54, 1.807) is 6.20 Å². The summed E-state index contributed by atoms with van der Waals surface area (Å²) in [6.45, 7) is 9.28. The van der Waals surface area contributed by atoms with Crippen LogP contribution in [0.5, 0.6) is 0 Å². The predicted octanol–water partition coefficient (Wildman–Crippen LogP) is 2.18. The zero-order valence-electron chi connectivity index (χ0n) is 13.0. The van der Waals surface area contributed by atoms with Gasteiger partial charge in [-0.25, -0.2) is 4.98 Å². The number of carbonyl (C=O) groups excluding carboxylic acids is 1. The van der Waals surface area contributed by atoms with E-state index in [1.807, 2.05) is 35.7 Å². The number of imidazole rings is 1. The molecule has 21 heavy (non-hydrogen) atoms. The minimum absolute atomic E-state index is 0.105. The molecule has 0 fully saturated rings. The molecule has 0 aromatic carbocycles. The summed E-state index contributed by atoms with van der Waals surface area (Å²) in [5.74, 6) is -0.112. The summed E-state index contributed by atoms with van der Waals surface area (Å²) in [7, 11) is 0. The SMILES string of the molecule is CCCN(CC)C[C@H](C)NC(=O)c1cn2ccccc2n1. The van der Waals surface area contributed by atoms with Crippen molar-refractivity contribution >= 4 is 11.6 Å². The Morgan fingerprint density at radius 2 is 2.24 bits per heavy atom. The van der Waals surface area contributed by atoms with E-state index in [0.717, 1.165) is 31.7 Å². The number of nitrogens with one attached hydrogen (secondary N) is 1. The lowest BCUT2D eigenvalue weighted by Crippen LogP contribution is -2.42. The van der Waals surface area contributed by atoms with Crippen molar-refractivity contribution in [2.24, 2.45) is 0 Å². The van der Waals surface area contributed by atoms with Crippen molar-refractivity contribution in [1.29, 1.82) is 0 Å². The molecule has 2 heterocycles. The van der Waals surface area contributed by atoms with Crippen LogP contribution >= 0.6 is 0 Å². The summed E-state index contributed by atoms with van der Waals surface area (Å²) in [5.41, 5.74) is 1.25. The zero-order chi connectivity index (χ0) is 15.2. The number of likely N-dealkylation sites (N-methyl/N-ethyl adjacent to an activating group) is 1. The fraction of sp³-hybridized carbons (Fsp3) is 0.500. The summed E-state index contributed by atoms with van der Waals surface area (Å²) in [6.07, 6.45) is 4.78. The molecule has 2 aromatic heterocycles. The second-order valence-corrected chi connectivity index (χ2v) is 5.36. The fourth-order valence-electron chi connectivity index (χ4n) is 2.47. The molecule has 0 saturated heterocycles. The van der Waals surface area contributed by atoms with E-state index < -0.39 is 0 Å². The van der Waals surface area contributed by atoms with E-state index in [-0.39, 0.29) is 11.9 Å². The third-order valence-electron chi connectivity index (χ3n) is 3.49. The van der Waals surface area contributed by atoms with Gasteiger partial charge in [-0.15, -0.1) is 0 Å². The number of aromatic nitrogens is 2. The van der Waals surface area contributed by atoms with Crippen LogP contribution in [-0.4, -0.2) is 45.9 Å². The molecule has 2 aromatic rings. The van der Waals surface area contributed by atoms with Crippen LogP contribution in [0.1, 0.15) is 37.7 Å². The van der Waals surface area contributed by atoms with Crippen LogP contribution < -0.4 is 5.32 Å². The van der Waals surface area contributed by atoms with Gasteiger partial charge in [0.15, 0.2) is 0 Å². The lowest BCUT2D eigenvalue weighted by atomic mass is 10.2. The summed E-state index contributed by atoms with van der Waals surface area (Å²) < 4.78 is 1.86. The Balaban J connectivity index is 1.97.